The molecule has 2 aliphatic rings. The molecule has 0 radical (unpaired) electrons. The first-order chi connectivity index (χ1) is 9.17. The second-order valence-corrected chi connectivity index (χ2v) is 7.09. The molecule has 1 saturated carbocycles. The summed E-state index contributed by atoms with van der Waals surface area (Å²) in [6.07, 6.45) is 6.88. The third kappa shape index (κ3) is 2.97. The van der Waals surface area contributed by atoms with Gasteiger partial charge in [-0.1, -0.05) is 35.2 Å². The first kappa shape index (κ1) is 13.4. The smallest absolute Gasteiger partial charge is 0.0381 e. The molecule has 2 nitrogen and oxygen atoms in total. The Kier molecular flexibility index (Phi) is 3.86. The Bertz CT molecular complexity index is 426. The van der Waals surface area contributed by atoms with Crippen molar-refractivity contribution in [2.45, 2.75) is 44.6 Å². The van der Waals surface area contributed by atoms with E-state index < -0.39 is 0 Å². The van der Waals surface area contributed by atoms with E-state index >= 15 is 0 Å². The average Bonchev–Trinajstić information content (AvgIpc) is 2.38. The van der Waals surface area contributed by atoms with E-state index in [9.17, 15) is 0 Å². The molecule has 3 heteroatoms. The molecule has 1 spiro atoms. The first-order valence-electron chi connectivity index (χ1n) is 7.44. The Balaban J connectivity index is 1.80. The number of benzene rings is 1. The number of halogens is 1. The second-order valence-electron chi connectivity index (χ2n) is 6.18. The van der Waals surface area contributed by atoms with Crippen LogP contribution in [0.25, 0.3) is 0 Å². The van der Waals surface area contributed by atoms with Crippen LogP contribution in [0.3, 0.4) is 0 Å². The zero-order valence-electron chi connectivity index (χ0n) is 11.7. The van der Waals surface area contributed by atoms with Crippen molar-refractivity contribution in [3.05, 3.63) is 28.2 Å². The Morgan fingerprint density at radius 1 is 1.16 bits per heavy atom. The normalized spacial score (nSPS) is 22.7. The molecular weight excluding hydrogens is 300 g/mol. The monoisotopic (exact) mass is 322 g/mol. The molecule has 0 bridgehead atoms. The fraction of sp³-hybridized carbons (Fsp3) is 0.625. The number of nitrogens with one attached hydrogen (secondary N) is 1. The number of nitrogens with zero attached hydrogens (tertiary/aromatic N) is 1. The summed E-state index contributed by atoms with van der Waals surface area (Å²) >= 11 is 3.62. The van der Waals surface area contributed by atoms with Gasteiger partial charge in [-0.2, -0.15) is 0 Å². The standard InChI is InChI=1S/C16H23BrN2/c1-13-9-14(17)11-15(10-13)19-8-7-18-16(12-19)5-3-2-4-6-16/h9-11,18H,2-8,12H2,1H3. The third-order valence-electron chi connectivity index (χ3n) is 4.58. The lowest BCUT2D eigenvalue weighted by Crippen LogP contribution is -2.61. The zero-order chi connectivity index (χ0) is 13.3. The minimum Gasteiger partial charge on any atom is -0.368 e. The van der Waals surface area contributed by atoms with E-state index in [-0.39, 0.29) is 0 Å². The molecule has 1 aromatic rings. The van der Waals surface area contributed by atoms with Crippen molar-refractivity contribution in [1.82, 2.24) is 5.32 Å². The summed E-state index contributed by atoms with van der Waals surface area (Å²) in [4.78, 5) is 2.57. The van der Waals surface area contributed by atoms with Gasteiger partial charge in [0.1, 0.15) is 0 Å². The Labute approximate surface area is 124 Å². The van der Waals surface area contributed by atoms with Gasteiger partial charge in [0.25, 0.3) is 0 Å². The van der Waals surface area contributed by atoms with Crippen molar-refractivity contribution in [3.63, 3.8) is 0 Å². The van der Waals surface area contributed by atoms with Crippen molar-refractivity contribution in [3.8, 4) is 0 Å². The number of anilines is 1. The summed E-state index contributed by atoms with van der Waals surface area (Å²) in [7, 11) is 0. The van der Waals surface area contributed by atoms with Crippen molar-refractivity contribution in [2.24, 2.45) is 0 Å². The maximum Gasteiger partial charge on any atom is 0.0381 e. The predicted octanol–water partition coefficient (Wildman–Crippen LogP) is 3.87. The predicted molar refractivity (Wildman–Crippen MR) is 84.9 cm³/mol. The van der Waals surface area contributed by atoms with Crippen LogP contribution in [0.2, 0.25) is 0 Å². The summed E-state index contributed by atoms with van der Waals surface area (Å²) < 4.78 is 1.19. The largest absolute Gasteiger partial charge is 0.368 e. The van der Waals surface area contributed by atoms with Gasteiger partial charge >= 0.3 is 0 Å². The quantitative estimate of drug-likeness (QED) is 0.844. The van der Waals surface area contributed by atoms with Gasteiger partial charge in [0.15, 0.2) is 0 Å². The van der Waals surface area contributed by atoms with E-state index in [2.05, 4.69) is 51.3 Å². The molecule has 0 unspecified atom stereocenters. The van der Waals surface area contributed by atoms with Crippen molar-refractivity contribution < 1.29 is 0 Å². The molecule has 19 heavy (non-hydrogen) atoms. The van der Waals surface area contributed by atoms with Crippen LogP contribution in [0, 0.1) is 6.92 Å². The topological polar surface area (TPSA) is 15.3 Å². The number of rotatable bonds is 1. The van der Waals surface area contributed by atoms with Crippen LogP contribution in [0.15, 0.2) is 22.7 Å². The van der Waals surface area contributed by atoms with E-state index in [0.717, 1.165) is 13.1 Å². The van der Waals surface area contributed by atoms with Crippen LogP contribution in [-0.4, -0.2) is 25.2 Å². The van der Waals surface area contributed by atoms with Gasteiger partial charge in [-0.05, 0) is 43.5 Å². The number of piperazine rings is 1. The molecular formula is C16H23BrN2. The minimum absolute atomic E-state index is 0.382. The Morgan fingerprint density at radius 2 is 1.95 bits per heavy atom. The molecule has 1 heterocycles. The molecule has 1 N–H and O–H groups in total. The van der Waals surface area contributed by atoms with E-state index in [1.165, 1.54) is 54.4 Å². The highest BCUT2D eigenvalue weighted by molar-refractivity contribution is 9.10. The molecule has 2 fully saturated rings. The third-order valence-corrected chi connectivity index (χ3v) is 5.04. The van der Waals surface area contributed by atoms with Crippen molar-refractivity contribution in [2.75, 3.05) is 24.5 Å². The van der Waals surface area contributed by atoms with E-state index in [1.54, 1.807) is 0 Å². The van der Waals surface area contributed by atoms with E-state index in [0.29, 0.717) is 5.54 Å². The molecule has 104 valence electrons. The van der Waals surface area contributed by atoms with Crippen LogP contribution in [0.5, 0.6) is 0 Å². The van der Waals surface area contributed by atoms with Gasteiger partial charge in [-0.3, -0.25) is 0 Å². The fourth-order valence-corrected chi connectivity index (χ4v) is 4.24. The van der Waals surface area contributed by atoms with Gasteiger partial charge < -0.3 is 10.2 Å². The number of aryl methyl sites for hydroxylation is 1. The van der Waals surface area contributed by atoms with Gasteiger partial charge in [0, 0.05) is 35.3 Å². The maximum atomic E-state index is 3.81. The van der Waals surface area contributed by atoms with Gasteiger partial charge in [-0.25, -0.2) is 0 Å². The molecule has 0 aromatic heterocycles. The lowest BCUT2D eigenvalue weighted by Gasteiger charge is -2.47. The maximum absolute atomic E-state index is 3.81. The summed E-state index contributed by atoms with van der Waals surface area (Å²) in [5, 5.41) is 3.81. The van der Waals surface area contributed by atoms with Gasteiger partial charge in [0.05, 0.1) is 0 Å². The Hall–Kier alpha value is -0.540. The van der Waals surface area contributed by atoms with E-state index in [4.69, 9.17) is 0 Å². The van der Waals surface area contributed by atoms with E-state index in [1.807, 2.05) is 0 Å². The molecule has 1 aromatic carbocycles. The van der Waals surface area contributed by atoms with Gasteiger partial charge in [-0.15, -0.1) is 0 Å². The van der Waals surface area contributed by atoms with Gasteiger partial charge in [0.2, 0.25) is 0 Å². The second kappa shape index (κ2) is 5.45. The summed E-state index contributed by atoms with van der Waals surface area (Å²) in [5.41, 5.74) is 3.09. The fourth-order valence-electron chi connectivity index (χ4n) is 3.64. The summed E-state index contributed by atoms with van der Waals surface area (Å²) in [6, 6.07) is 6.75. The van der Waals surface area contributed by atoms with Crippen molar-refractivity contribution >= 4 is 21.6 Å². The Morgan fingerprint density at radius 3 is 2.68 bits per heavy atom. The first-order valence-corrected chi connectivity index (χ1v) is 8.23. The number of hydrogen-bond acceptors (Lipinski definition) is 2. The van der Waals surface area contributed by atoms with Crippen LogP contribution in [0.1, 0.15) is 37.7 Å². The van der Waals surface area contributed by atoms with Crippen molar-refractivity contribution in [1.29, 1.82) is 0 Å². The molecule has 1 aliphatic carbocycles. The lowest BCUT2D eigenvalue weighted by atomic mass is 9.80. The lowest BCUT2D eigenvalue weighted by molar-refractivity contribution is 0.216. The zero-order valence-corrected chi connectivity index (χ0v) is 13.3. The molecule has 0 amide bonds. The van der Waals surface area contributed by atoms with Crippen LogP contribution in [0.4, 0.5) is 5.69 Å². The highest BCUT2D eigenvalue weighted by Gasteiger charge is 2.36. The molecule has 1 aliphatic heterocycles. The van der Waals surface area contributed by atoms with Crippen LogP contribution in [-0.2, 0) is 0 Å². The molecule has 1 saturated heterocycles. The minimum atomic E-state index is 0.382. The summed E-state index contributed by atoms with van der Waals surface area (Å²) in [6.45, 7) is 5.58. The van der Waals surface area contributed by atoms with Crippen LogP contribution < -0.4 is 10.2 Å². The van der Waals surface area contributed by atoms with Crippen LogP contribution >= 0.6 is 15.9 Å². The number of hydrogen-bond donors (Lipinski definition) is 1. The summed E-state index contributed by atoms with van der Waals surface area (Å²) in [5.74, 6) is 0. The highest BCUT2D eigenvalue weighted by atomic mass is 79.9. The molecule has 3 rings (SSSR count). The SMILES string of the molecule is Cc1cc(Br)cc(N2CCNC3(CCCCC3)C2)c1. The highest BCUT2D eigenvalue weighted by Crippen LogP contribution is 2.33. The average molecular weight is 323 g/mol. The molecule has 0 atom stereocenters.